The first-order chi connectivity index (χ1) is 15.6. The Morgan fingerprint density at radius 2 is 2.06 bits per heavy atom. The van der Waals surface area contributed by atoms with Crippen molar-refractivity contribution in [2.24, 2.45) is 5.92 Å². The van der Waals surface area contributed by atoms with Gasteiger partial charge in [0.15, 0.2) is 5.69 Å². The number of amides is 1. The number of nitrogens with zero attached hydrogens (tertiary/aromatic N) is 2. The molecule has 33 heavy (non-hydrogen) atoms. The minimum atomic E-state index is -4.62. The fourth-order valence-corrected chi connectivity index (χ4v) is 4.56. The molecule has 0 spiro atoms. The quantitative estimate of drug-likeness (QED) is 0.501. The Labute approximate surface area is 194 Å². The van der Waals surface area contributed by atoms with Crippen LogP contribution >= 0.6 is 11.6 Å². The number of rotatable bonds is 5. The van der Waals surface area contributed by atoms with Gasteiger partial charge in [-0.25, -0.2) is 4.68 Å². The van der Waals surface area contributed by atoms with Crippen molar-refractivity contribution in [3.05, 3.63) is 76.1 Å². The van der Waals surface area contributed by atoms with Gasteiger partial charge in [0.05, 0.1) is 17.9 Å². The van der Waals surface area contributed by atoms with Gasteiger partial charge in [-0.1, -0.05) is 30.7 Å². The van der Waals surface area contributed by atoms with E-state index in [-0.39, 0.29) is 29.8 Å². The summed E-state index contributed by atoms with van der Waals surface area (Å²) in [5.74, 6) is -0.623. The molecule has 1 aromatic heterocycles. The van der Waals surface area contributed by atoms with Gasteiger partial charge in [-0.15, -0.1) is 0 Å². The molecule has 1 aliphatic carbocycles. The largest absolute Gasteiger partial charge is 0.508 e. The molecule has 3 aromatic rings. The molecule has 0 bridgehead atoms. The number of phenolic OH excluding ortho intramolecular Hbond substituents is 1. The molecular formula is C24H23ClF3N3O2. The smallest absolute Gasteiger partial charge is 0.435 e. The number of fused-ring (bicyclic) bond motifs is 1. The monoisotopic (exact) mass is 477 g/mol. The number of hydrogen-bond donors (Lipinski definition) is 2. The zero-order valence-corrected chi connectivity index (χ0v) is 18.6. The van der Waals surface area contributed by atoms with Crippen molar-refractivity contribution in [2.45, 2.75) is 44.8 Å². The number of hydrogen-bond acceptors (Lipinski definition) is 3. The third-order valence-electron chi connectivity index (χ3n) is 6.08. The topological polar surface area (TPSA) is 67.2 Å². The summed E-state index contributed by atoms with van der Waals surface area (Å²) in [6, 6.07) is 12.5. The van der Waals surface area contributed by atoms with Crippen LogP contribution in [0.1, 0.15) is 48.2 Å². The number of benzene rings is 2. The van der Waals surface area contributed by atoms with Gasteiger partial charge in [0.2, 0.25) is 5.91 Å². The Kier molecular flexibility index (Phi) is 6.38. The Morgan fingerprint density at radius 3 is 2.79 bits per heavy atom. The normalized spacial score (nSPS) is 16.8. The number of nitrogens with one attached hydrogen (secondary N) is 1. The van der Waals surface area contributed by atoms with Gasteiger partial charge in [-0.3, -0.25) is 4.79 Å². The van der Waals surface area contributed by atoms with E-state index in [1.54, 1.807) is 37.3 Å². The molecule has 174 valence electrons. The van der Waals surface area contributed by atoms with Crippen molar-refractivity contribution >= 4 is 17.5 Å². The zero-order chi connectivity index (χ0) is 23.8. The van der Waals surface area contributed by atoms with Crippen LogP contribution in [0.25, 0.3) is 5.69 Å². The number of carbonyl (C=O) groups is 1. The number of aromatic nitrogens is 2. The van der Waals surface area contributed by atoms with Crippen LogP contribution in [0.4, 0.5) is 13.2 Å². The lowest BCUT2D eigenvalue weighted by Crippen LogP contribution is -2.33. The summed E-state index contributed by atoms with van der Waals surface area (Å²) in [5, 5.41) is 16.7. The predicted molar refractivity (Wildman–Crippen MR) is 118 cm³/mol. The minimum absolute atomic E-state index is 0.0792. The molecular weight excluding hydrogens is 455 g/mol. The molecule has 0 aliphatic heterocycles. The van der Waals surface area contributed by atoms with Crippen LogP contribution in [0.5, 0.6) is 5.75 Å². The second-order valence-corrected chi connectivity index (χ2v) is 8.74. The predicted octanol–water partition coefficient (Wildman–Crippen LogP) is 5.62. The van der Waals surface area contributed by atoms with Crippen molar-refractivity contribution in [2.75, 3.05) is 0 Å². The fraction of sp³-hybridized carbons (Fsp3) is 0.333. The second kappa shape index (κ2) is 9.09. The maximum atomic E-state index is 13.3. The SMILES string of the molecule is CC(C(=O)NCc1cc(C(F)(F)F)nn1-c1cccc(Cl)c1)C1CCCc2ccc(O)cc21. The first-order valence-corrected chi connectivity index (χ1v) is 11.0. The third kappa shape index (κ3) is 5.00. The van der Waals surface area contributed by atoms with Crippen LogP contribution in [0, 0.1) is 5.92 Å². The lowest BCUT2D eigenvalue weighted by atomic mass is 9.76. The van der Waals surface area contributed by atoms with Gasteiger partial charge in [0.1, 0.15) is 5.75 Å². The Morgan fingerprint density at radius 1 is 1.27 bits per heavy atom. The van der Waals surface area contributed by atoms with Crippen LogP contribution < -0.4 is 5.32 Å². The van der Waals surface area contributed by atoms with Gasteiger partial charge in [0, 0.05) is 10.9 Å². The van der Waals surface area contributed by atoms with Gasteiger partial charge in [-0.2, -0.15) is 18.3 Å². The molecule has 0 saturated carbocycles. The van der Waals surface area contributed by atoms with Crippen LogP contribution in [-0.2, 0) is 23.9 Å². The number of phenols is 1. The number of aromatic hydroxyl groups is 1. The summed E-state index contributed by atoms with van der Waals surface area (Å²) in [4.78, 5) is 13.0. The summed E-state index contributed by atoms with van der Waals surface area (Å²) in [7, 11) is 0. The highest BCUT2D eigenvalue weighted by molar-refractivity contribution is 6.30. The molecule has 5 nitrogen and oxygen atoms in total. The van der Waals surface area contributed by atoms with Gasteiger partial charge < -0.3 is 10.4 Å². The molecule has 2 N–H and O–H groups in total. The number of alkyl halides is 3. The highest BCUT2D eigenvalue weighted by Gasteiger charge is 2.35. The minimum Gasteiger partial charge on any atom is -0.508 e. The van der Waals surface area contributed by atoms with E-state index in [4.69, 9.17) is 11.6 Å². The second-order valence-electron chi connectivity index (χ2n) is 8.30. The highest BCUT2D eigenvalue weighted by atomic mass is 35.5. The molecule has 2 atom stereocenters. The van der Waals surface area contributed by atoms with Crippen molar-refractivity contribution in [1.82, 2.24) is 15.1 Å². The standard InChI is InChI=1S/C24H23ClF3N3O2/c1-14(20-7-2-4-15-8-9-19(32)12-21(15)20)23(33)29-13-18-11-22(24(26,27)28)30-31(18)17-6-3-5-16(25)10-17/h3,5-6,8-12,14,20,32H,2,4,7,13H2,1H3,(H,29,33). The van der Waals surface area contributed by atoms with E-state index in [9.17, 15) is 23.1 Å². The molecule has 0 fully saturated rings. The van der Waals surface area contributed by atoms with Crippen molar-refractivity contribution in [3.63, 3.8) is 0 Å². The van der Waals surface area contributed by atoms with Crippen LogP contribution in [0.3, 0.4) is 0 Å². The highest BCUT2D eigenvalue weighted by Crippen LogP contribution is 2.38. The van der Waals surface area contributed by atoms with E-state index in [0.29, 0.717) is 10.7 Å². The van der Waals surface area contributed by atoms with E-state index < -0.39 is 17.8 Å². The summed E-state index contributed by atoms with van der Waals surface area (Å²) in [5.41, 5.74) is 1.57. The molecule has 2 aromatic carbocycles. The molecule has 4 rings (SSSR count). The average molecular weight is 478 g/mol. The summed E-state index contributed by atoms with van der Waals surface area (Å²) in [6.07, 6.45) is -2.01. The Hall–Kier alpha value is -3.00. The molecule has 2 unspecified atom stereocenters. The third-order valence-corrected chi connectivity index (χ3v) is 6.31. The Balaban J connectivity index is 1.55. The zero-order valence-electron chi connectivity index (χ0n) is 17.9. The first kappa shape index (κ1) is 23.2. The van der Waals surface area contributed by atoms with Crippen molar-refractivity contribution < 1.29 is 23.1 Å². The van der Waals surface area contributed by atoms with Gasteiger partial charge in [-0.05, 0) is 72.7 Å². The van der Waals surface area contributed by atoms with E-state index in [2.05, 4.69) is 10.4 Å². The summed E-state index contributed by atoms with van der Waals surface area (Å²) >= 11 is 6.00. The van der Waals surface area contributed by atoms with Crippen LogP contribution in [0.15, 0.2) is 48.5 Å². The fourth-order valence-electron chi connectivity index (χ4n) is 4.38. The Bertz CT molecular complexity index is 1180. The van der Waals surface area contributed by atoms with E-state index in [0.717, 1.165) is 41.1 Å². The average Bonchev–Trinajstić information content (AvgIpc) is 3.21. The van der Waals surface area contributed by atoms with Crippen LogP contribution in [0.2, 0.25) is 5.02 Å². The van der Waals surface area contributed by atoms with Crippen molar-refractivity contribution in [1.29, 1.82) is 0 Å². The number of aryl methyl sites for hydroxylation is 1. The molecule has 0 saturated heterocycles. The summed E-state index contributed by atoms with van der Waals surface area (Å²) in [6.45, 7) is 1.67. The number of carbonyl (C=O) groups excluding carboxylic acids is 1. The summed E-state index contributed by atoms with van der Waals surface area (Å²) < 4.78 is 41.1. The molecule has 9 heteroatoms. The lowest BCUT2D eigenvalue weighted by Gasteiger charge is -2.30. The first-order valence-electron chi connectivity index (χ1n) is 10.6. The molecule has 1 heterocycles. The molecule has 1 aliphatic rings. The molecule has 1 amide bonds. The van der Waals surface area contributed by atoms with Crippen molar-refractivity contribution in [3.8, 4) is 11.4 Å². The lowest BCUT2D eigenvalue weighted by molar-refractivity contribution is -0.141. The van der Waals surface area contributed by atoms with E-state index in [1.165, 1.54) is 6.07 Å². The van der Waals surface area contributed by atoms with E-state index >= 15 is 0 Å². The van der Waals surface area contributed by atoms with E-state index in [1.807, 2.05) is 6.07 Å². The maximum absolute atomic E-state index is 13.3. The van der Waals surface area contributed by atoms with Gasteiger partial charge in [0.25, 0.3) is 0 Å². The maximum Gasteiger partial charge on any atom is 0.435 e. The number of halogens is 4. The van der Waals surface area contributed by atoms with Crippen LogP contribution in [-0.4, -0.2) is 20.8 Å². The molecule has 0 radical (unpaired) electrons. The van der Waals surface area contributed by atoms with Gasteiger partial charge >= 0.3 is 6.18 Å².